The number of hydrogen-bond donors (Lipinski definition) is 4. The van der Waals surface area contributed by atoms with Gasteiger partial charge in [0.25, 0.3) is 0 Å². The first-order valence-corrected chi connectivity index (χ1v) is 14.3. The SMILES string of the molecule is COC1CNC(Cl)CC1C1CC(C)NCC1C(=O)NC1NC2CN(C(=O)C3CC(C#N)C3)CC2S1. The largest absolute Gasteiger partial charge is 0.380 e. The molecule has 194 valence electrons. The summed E-state index contributed by atoms with van der Waals surface area (Å²) < 4.78 is 5.79. The van der Waals surface area contributed by atoms with E-state index in [-0.39, 0.29) is 69.8 Å². The lowest BCUT2D eigenvalue weighted by atomic mass is 9.70. The molecule has 2 amide bonds. The van der Waals surface area contributed by atoms with Crippen LogP contribution in [0.1, 0.15) is 32.6 Å². The molecule has 1 aliphatic carbocycles. The topological polar surface area (TPSA) is 119 Å². The molecule has 0 aromatic heterocycles. The van der Waals surface area contributed by atoms with E-state index in [1.54, 1.807) is 18.9 Å². The summed E-state index contributed by atoms with van der Waals surface area (Å²) in [6, 6.07) is 2.79. The molecule has 0 aromatic carbocycles. The van der Waals surface area contributed by atoms with Gasteiger partial charge in [-0.2, -0.15) is 5.26 Å². The summed E-state index contributed by atoms with van der Waals surface area (Å²) in [5.74, 6) is 0.616. The summed E-state index contributed by atoms with van der Waals surface area (Å²) >= 11 is 8.17. The maximum absolute atomic E-state index is 13.5. The van der Waals surface area contributed by atoms with Gasteiger partial charge in [-0.25, -0.2) is 0 Å². The minimum absolute atomic E-state index is 0.00982. The molecule has 4 N–H and O–H groups in total. The van der Waals surface area contributed by atoms with Gasteiger partial charge in [-0.05, 0) is 44.4 Å². The van der Waals surface area contributed by atoms with Crippen molar-refractivity contribution in [2.45, 2.75) is 67.0 Å². The van der Waals surface area contributed by atoms with Crippen LogP contribution < -0.4 is 21.3 Å². The van der Waals surface area contributed by atoms with Crippen molar-refractivity contribution in [3.05, 3.63) is 0 Å². The molecule has 9 atom stereocenters. The molecule has 11 heteroatoms. The standard InChI is InChI=1S/C24H37ClN6O3S/c1-12-3-15(16-6-21(25)28-9-19(16)34-2)17(8-27-12)22(32)30-24-29-18-10-31(11-20(18)35-24)23(33)14-4-13(5-14)7-26/h12-21,24,27-29H,3-6,8-11H2,1-2H3,(H,30,32). The minimum Gasteiger partial charge on any atom is -0.380 e. The van der Waals surface area contributed by atoms with Crippen LogP contribution in [0.4, 0.5) is 0 Å². The molecule has 4 saturated heterocycles. The zero-order valence-electron chi connectivity index (χ0n) is 20.4. The van der Waals surface area contributed by atoms with E-state index in [4.69, 9.17) is 21.6 Å². The Hall–Kier alpha value is -1.09. The van der Waals surface area contributed by atoms with Crippen LogP contribution in [-0.4, -0.2) is 84.4 Å². The highest BCUT2D eigenvalue weighted by atomic mass is 35.5. The maximum atomic E-state index is 13.5. The van der Waals surface area contributed by atoms with Gasteiger partial charge in [-0.1, -0.05) is 0 Å². The fourth-order valence-corrected chi connectivity index (χ4v) is 8.33. The number of nitrogens with one attached hydrogen (secondary N) is 4. The Bertz CT molecular complexity index is 840. The van der Waals surface area contributed by atoms with Gasteiger partial charge in [-0.3, -0.25) is 20.2 Å². The smallest absolute Gasteiger partial charge is 0.226 e. The predicted molar refractivity (Wildman–Crippen MR) is 134 cm³/mol. The first-order chi connectivity index (χ1) is 16.9. The van der Waals surface area contributed by atoms with Crippen molar-refractivity contribution in [2.24, 2.45) is 29.6 Å². The normalized spacial score (nSPS) is 45.3. The van der Waals surface area contributed by atoms with Gasteiger partial charge in [0.15, 0.2) is 0 Å². The average molecular weight is 525 g/mol. The highest BCUT2D eigenvalue weighted by Gasteiger charge is 2.48. The van der Waals surface area contributed by atoms with Crippen LogP contribution in [-0.2, 0) is 14.3 Å². The number of likely N-dealkylation sites (tertiary alicyclic amines) is 1. The third-order valence-corrected chi connectivity index (χ3v) is 10.4. The number of nitrogens with zero attached hydrogens (tertiary/aromatic N) is 2. The Morgan fingerprint density at radius 1 is 1.14 bits per heavy atom. The van der Waals surface area contributed by atoms with Crippen LogP contribution in [0.5, 0.6) is 0 Å². The molecule has 9 nitrogen and oxygen atoms in total. The number of methoxy groups -OCH3 is 1. The molecular formula is C24H37ClN6O3S. The summed E-state index contributed by atoms with van der Waals surface area (Å²) in [4.78, 5) is 28.2. The van der Waals surface area contributed by atoms with Gasteiger partial charge in [0, 0.05) is 62.5 Å². The highest BCUT2D eigenvalue weighted by Crippen LogP contribution is 2.40. The van der Waals surface area contributed by atoms with Gasteiger partial charge in [0.05, 0.1) is 23.6 Å². The number of fused-ring (bicyclic) bond motifs is 1. The Morgan fingerprint density at radius 3 is 2.66 bits per heavy atom. The third kappa shape index (κ3) is 5.32. The number of amides is 2. The minimum atomic E-state index is -0.145. The van der Waals surface area contributed by atoms with Crippen LogP contribution in [0.25, 0.3) is 0 Å². The van der Waals surface area contributed by atoms with Crippen molar-refractivity contribution in [2.75, 3.05) is 33.3 Å². The number of carbonyl (C=O) groups excluding carboxylic acids is 2. The predicted octanol–water partition coefficient (Wildman–Crippen LogP) is 0.655. The Labute approximate surface area is 216 Å². The van der Waals surface area contributed by atoms with E-state index in [1.807, 2.05) is 4.90 Å². The Morgan fingerprint density at radius 2 is 1.94 bits per heavy atom. The molecule has 5 rings (SSSR count). The first-order valence-electron chi connectivity index (χ1n) is 12.9. The number of hydrogen-bond acceptors (Lipinski definition) is 8. The quantitative estimate of drug-likeness (QED) is 0.306. The number of alkyl halides is 1. The number of rotatable bonds is 5. The molecule has 35 heavy (non-hydrogen) atoms. The lowest BCUT2D eigenvalue weighted by Crippen LogP contribution is -2.57. The van der Waals surface area contributed by atoms with Crippen molar-refractivity contribution in [3.63, 3.8) is 0 Å². The van der Waals surface area contributed by atoms with Crippen molar-refractivity contribution < 1.29 is 14.3 Å². The first kappa shape index (κ1) is 25.6. The monoisotopic (exact) mass is 524 g/mol. The van der Waals surface area contributed by atoms with Crippen molar-refractivity contribution in [3.8, 4) is 6.07 Å². The number of halogens is 1. The van der Waals surface area contributed by atoms with E-state index < -0.39 is 0 Å². The van der Waals surface area contributed by atoms with E-state index in [1.165, 1.54) is 0 Å². The number of piperidine rings is 2. The zero-order valence-corrected chi connectivity index (χ0v) is 22.0. The number of ether oxygens (including phenoxy) is 1. The van der Waals surface area contributed by atoms with E-state index in [2.05, 4.69) is 34.3 Å². The summed E-state index contributed by atoms with van der Waals surface area (Å²) in [7, 11) is 1.74. The van der Waals surface area contributed by atoms with E-state index >= 15 is 0 Å². The van der Waals surface area contributed by atoms with Crippen molar-refractivity contribution in [1.29, 1.82) is 5.26 Å². The van der Waals surface area contributed by atoms with Crippen LogP contribution in [0.3, 0.4) is 0 Å². The second-order valence-electron chi connectivity index (χ2n) is 10.9. The third-order valence-electron chi connectivity index (χ3n) is 8.71. The van der Waals surface area contributed by atoms with Crippen LogP contribution in [0.15, 0.2) is 0 Å². The molecule has 0 radical (unpaired) electrons. The van der Waals surface area contributed by atoms with E-state index in [0.717, 1.165) is 12.8 Å². The highest BCUT2D eigenvalue weighted by molar-refractivity contribution is 8.00. The van der Waals surface area contributed by atoms with Crippen molar-refractivity contribution in [1.82, 2.24) is 26.2 Å². The van der Waals surface area contributed by atoms with Crippen LogP contribution in [0, 0.1) is 40.9 Å². The van der Waals surface area contributed by atoms with E-state index in [9.17, 15) is 9.59 Å². The van der Waals surface area contributed by atoms with Gasteiger partial charge >= 0.3 is 0 Å². The van der Waals surface area contributed by atoms with Crippen molar-refractivity contribution >= 4 is 35.2 Å². The van der Waals surface area contributed by atoms with Crippen LogP contribution >= 0.6 is 23.4 Å². The molecule has 0 bridgehead atoms. The average Bonchev–Trinajstić information content (AvgIpc) is 3.37. The molecule has 0 spiro atoms. The number of carbonyl (C=O) groups is 2. The Kier molecular flexibility index (Phi) is 7.83. The zero-order chi connectivity index (χ0) is 24.7. The van der Waals surface area contributed by atoms with Gasteiger partial charge in [0.2, 0.25) is 11.8 Å². The summed E-state index contributed by atoms with van der Waals surface area (Å²) in [6.45, 7) is 4.91. The summed E-state index contributed by atoms with van der Waals surface area (Å²) in [5, 5.41) is 22.8. The lowest BCUT2D eigenvalue weighted by molar-refractivity contribution is -0.138. The molecule has 0 aromatic rings. The van der Waals surface area contributed by atoms with Gasteiger partial charge < -0.3 is 20.3 Å². The molecule has 4 heterocycles. The maximum Gasteiger partial charge on any atom is 0.226 e. The van der Waals surface area contributed by atoms with Gasteiger partial charge in [0.1, 0.15) is 5.50 Å². The summed E-state index contributed by atoms with van der Waals surface area (Å²) in [6.07, 6.45) is 3.16. The summed E-state index contributed by atoms with van der Waals surface area (Å²) in [5.41, 5.74) is -0.239. The van der Waals surface area contributed by atoms with Crippen LogP contribution in [0.2, 0.25) is 0 Å². The Balaban J connectivity index is 1.16. The molecule has 5 aliphatic rings. The fourth-order valence-electron chi connectivity index (χ4n) is 6.63. The molecule has 5 fully saturated rings. The molecule has 9 unspecified atom stereocenters. The molecule has 1 saturated carbocycles. The van der Waals surface area contributed by atoms with E-state index in [0.29, 0.717) is 45.1 Å². The fraction of sp³-hybridized carbons (Fsp3) is 0.875. The second kappa shape index (κ2) is 10.7. The lowest BCUT2D eigenvalue weighted by Gasteiger charge is -2.45. The van der Waals surface area contributed by atoms with Gasteiger partial charge in [-0.15, -0.1) is 23.4 Å². The number of nitriles is 1. The molecule has 4 aliphatic heterocycles. The molecular weight excluding hydrogens is 488 g/mol. The second-order valence-corrected chi connectivity index (χ2v) is 12.8. The number of thioether (sulfide) groups is 1.